The van der Waals surface area contributed by atoms with Crippen LogP contribution in [0.4, 0.5) is 0 Å². The van der Waals surface area contributed by atoms with Crippen molar-refractivity contribution in [1.29, 1.82) is 0 Å². The first-order chi connectivity index (χ1) is 18.2. The minimum atomic E-state index is -0.717. The number of nitrogens with zero attached hydrogens (tertiary/aromatic N) is 2. The summed E-state index contributed by atoms with van der Waals surface area (Å²) in [4.78, 5) is 32.7. The molecule has 0 spiro atoms. The molecule has 5 aromatic rings. The number of fused-ring (bicyclic) bond motifs is 1. The highest BCUT2D eigenvalue weighted by molar-refractivity contribution is 6.14. The van der Waals surface area contributed by atoms with Crippen molar-refractivity contribution in [2.75, 3.05) is 0 Å². The Bertz CT molecular complexity index is 1780. The van der Waals surface area contributed by atoms with Crippen LogP contribution < -0.4 is 16.7 Å². The van der Waals surface area contributed by atoms with Gasteiger partial charge in [0.05, 0.1) is 17.3 Å². The monoisotopic (exact) mass is 482 g/mol. The molecule has 6 rings (SSSR count). The lowest BCUT2D eigenvalue weighted by atomic mass is 9.88. The quantitative estimate of drug-likeness (QED) is 0.339. The van der Waals surface area contributed by atoms with Crippen molar-refractivity contribution in [2.45, 2.75) is 6.04 Å². The molecule has 0 aliphatic carbocycles. The number of rotatable bonds is 5. The molecule has 5 heteroatoms. The molecule has 0 saturated carbocycles. The smallest absolute Gasteiger partial charge is 0.306 e. The highest BCUT2D eigenvalue weighted by Gasteiger charge is 2.35. The van der Waals surface area contributed by atoms with Crippen LogP contribution in [0.2, 0.25) is 0 Å². The number of oxazole rings is 1. The van der Waals surface area contributed by atoms with Crippen molar-refractivity contribution >= 4 is 17.6 Å². The van der Waals surface area contributed by atoms with Crippen LogP contribution >= 0.6 is 0 Å². The largest absolute Gasteiger partial charge is 0.419 e. The molecule has 1 aromatic heterocycles. The third-order valence-corrected chi connectivity index (χ3v) is 6.37. The molecule has 1 unspecified atom stereocenters. The van der Waals surface area contributed by atoms with Crippen molar-refractivity contribution in [1.82, 2.24) is 4.57 Å². The fourth-order valence-electron chi connectivity index (χ4n) is 4.65. The maximum Gasteiger partial charge on any atom is 0.306 e. The van der Waals surface area contributed by atoms with Gasteiger partial charge in [0.15, 0.2) is 11.2 Å². The van der Waals surface area contributed by atoms with E-state index in [1.54, 1.807) is 18.2 Å². The van der Waals surface area contributed by atoms with Gasteiger partial charge in [0.25, 0.3) is 5.56 Å². The summed E-state index contributed by atoms with van der Waals surface area (Å²) in [6.07, 6.45) is 1.70. The van der Waals surface area contributed by atoms with Crippen molar-refractivity contribution in [3.63, 3.8) is 0 Å². The third kappa shape index (κ3) is 4.17. The number of Topliss-reactive ketones (excluding diaryl/α,β-unsaturated/α-hetero) is 1. The number of carbonyl (C=O) groups excluding carboxylic acids is 1. The predicted octanol–water partition coefficient (Wildman–Crippen LogP) is 4.79. The maximum absolute atomic E-state index is 14.1. The summed E-state index contributed by atoms with van der Waals surface area (Å²) in [5.41, 5.74) is 3.80. The molecule has 0 radical (unpaired) electrons. The highest BCUT2D eigenvalue weighted by atomic mass is 16.4. The van der Waals surface area contributed by atoms with E-state index in [4.69, 9.17) is 9.41 Å². The van der Waals surface area contributed by atoms with Gasteiger partial charge < -0.3 is 4.42 Å². The van der Waals surface area contributed by atoms with E-state index < -0.39 is 6.04 Å². The molecule has 5 nitrogen and oxygen atoms in total. The molecule has 0 fully saturated rings. The van der Waals surface area contributed by atoms with Crippen molar-refractivity contribution in [3.8, 4) is 0 Å². The minimum absolute atomic E-state index is 0.157. The van der Waals surface area contributed by atoms with Gasteiger partial charge in [-0.05, 0) is 17.2 Å². The van der Waals surface area contributed by atoms with Gasteiger partial charge in [-0.15, -0.1) is 0 Å². The summed E-state index contributed by atoms with van der Waals surface area (Å²) in [6, 6.07) is 36.9. The lowest BCUT2D eigenvalue weighted by Crippen LogP contribution is -2.39. The minimum Gasteiger partial charge on any atom is -0.419 e. The first kappa shape index (κ1) is 22.4. The van der Waals surface area contributed by atoms with E-state index in [2.05, 4.69) is 0 Å². The average molecular weight is 483 g/mol. The molecular weight excluding hydrogens is 460 g/mol. The van der Waals surface area contributed by atoms with Gasteiger partial charge in [-0.2, -0.15) is 4.99 Å². The zero-order valence-corrected chi connectivity index (χ0v) is 19.8. The second kappa shape index (κ2) is 9.55. The van der Waals surface area contributed by atoms with Crippen LogP contribution in [0.5, 0.6) is 0 Å². The fraction of sp³-hybridized carbons (Fsp3) is 0.0312. The number of hydrogen-bond acceptors (Lipinski definition) is 4. The van der Waals surface area contributed by atoms with E-state index in [9.17, 15) is 9.59 Å². The van der Waals surface area contributed by atoms with Crippen molar-refractivity contribution in [3.05, 3.63) is 171 Å². The van der Waals surface area contributed by atoms with Gasteiger partial charge in [0, 0.05) is 11.1 Å². The van der Waals surface area contributed by atoms with Crippen LogP contribution in [0.15, 0.2) is 141 Å². The molecule has 4 aromatic carbocycles. The molecule has 178 valence electrons. The van der Waals surface area contributed by atoms with Gasteiger partial charge in [-0.25, -0.2) is 4.57 Å². The Kier molecular flexibility index (Phi) is 5.79. The number of carbonyl (C=O) groups is 1. The molecule has 0 bridgehead atoms. The second-order valence-corrected chi connectivity index (χ2v) is 8.73. The molecule has 1 aliphatic rings. The summed E-state index contributed by atoms with van der Waals surface area (Å²) in [7, 11) is 0. The summed E-state index contributed by atoms with van der Waals surface area (Å²) < 4.78 is 7.55. The van der Waals surface area contributed by atoms with E-state index in [1.807, 2.05) is 109 Å². The molecule has 0 amide bonds. The lowest BCUT2D eigenvalue weighted by Gasteiger charge is -2.25. The molecule has 0 saturated heterocycles. The van der Waals surface area contributed by atoms with E-state index in [0.717, 1.165) is 16.7 Å². The summed E-state index contributed by atoms with van der Waals surface area (Å²) in [5, 5.41) is 0. The first-order valence-electron chi connectivity index (χ1n) is 12.0. The molecule has 0 N–H and O–H groups in total. The third-order valence-electron chi connectivity index (χ3n) is 6.37. The number of ketones is 1. The SMILES string of the molecule is O=C(C1=C(c2ccccc2)N=c2o/c(=C\c3ccccc3)c(=O)n2C1c1ccccc1)c1ccccc1. The van der Waals surface area contributed by atoms with Crippen LogP contribution in [0, 0.1) is 0 Å². The summed E-state index contributed by atoms with van der Waals surface area (Å²) in [5.74, 6) is -0.190. The Morgan fingerprint density at radius 1 is 0.757 bits per heavy atom. The Morgan fingerprint density at radius 3 is 1.97 bits per heavy atom. The normalized spacial score (nSPS) is 15.2. The lowest BCUT2D eigenvalue weighted by molar-refractivity contribution is 0.102. The molecule has 37 heavy (non-hydrogen) atoms. The van der Waals surface area contributed by atoms with Crippen LogP contribution in [0.25, 0.3) is 11.8 Å². The van der Waals surface area contributed by atoms with Gasteiger partial charge in [-0.1, -0.05) is 121 Å². The summed E-state index contributed by atoms with van der Waals surface area (Å²) in [6.45, 7) is 0. The average Bonchev–Trinajstić information content (AvgIpc) is 3.28. The zero-order chi connectivity index (χ0) is 25.2. The predicted molar refractivity (Wildman–Crippen MR) is 142 cm³/mol. The second-order valence-electron chi connectivity index (χ2n) is 8.73. The Balaban J connectivity index is 1.68. The number of benzene rings is 4. The van der Waals surface area contributed by atoms with Crippen molar-refractivity contribution < 1.29 is 9.21 Å². The Labute approximate surface area is 213 Å². The van der Waals surface area contributed by atoms with E-state index in [-0.39, 0.29) is 22.4 Å². The fourth-order valence-corrected chi connectivity index (χ4v) is 4.65. The van der Waals surface area contributed by atoms with Gasteiger partial charge >= 0.3 is 5.68 Å². The first-order valence-corrected chi connectivity index (χ1v) is 12.0. The van der Waals surface area contributed by atoms with Crippen LogP contribution in [-0.4, -0.2) is 10.4 Å². The highest BCUT2D eigenvalue weighted by Crippen LogP contribution is 2.36. The van der Waals surface area contributed by atoms with Gasteiger partial charge in [-0.3, -0.25) is 9.59 Å². The number of aromatic nitrogens is 1. The van der Waals surface area contributed by atoms with E-state index in [0.29, 0.717) is 16.8 Å². The Morgan fingerprint density at radius 2 is 1.32 bits per heavy atom. The Hall–Kier alpha value is -5.03. The summed E-state index contributed by atoms with van der Waals surface area (Å²) >= 11 is 0. The molecular formula is C32H22N2O3. The van der Waals surface area contributed by atoms with Gasteiger partial charge in [0.2, 0.25) is 0 Å². The van der Waals surface area contributed by atoms with Crippen LogP contribution in [-0.2, 0) is 0 Å². The molecule has 2 heterocycles. The number of allylic oxidation sites excluding steroid dienone is 1. The number of hydrogen-bond donors (Lipinski definition) is 0. The van der Waals surface area contributed by atoms with E-state index in [1.165, 1.54) is 4.57 Å². The van der Waals surface area contributed by atoms with Crippen molar-refractivity contribution in [2.24, 2.45) is 4.99 Å². The van der Waals surface area contributed by atoms with Gasteiger partial charge in [0.1, 0.15) is 0 Å². The van der Waals surface area contributed by atoms with E-state index >= 15 is 0 Å². The topological polar surface area (TPSA) is 64.6 Å². The van der Waals surface area contributed by atoms with Crippen LogP contribution in [0.3, 0.4) is 0 Å². The maximum atomic E-state index is 14.1. The molecule has 1 aliphatic heterocycles. The zero-order valence-electron chi connectivity index (χ0n) is 19.8. The molecule has 1 atom stereocenters. The standard InChI is InChI=1S/C32H22N2O3/c35-30(25-19-11-4-12-20-25)27-28(23-15-7-2-8-16-23)33-32-34(29(27)24-17-9-3-10-18-24)31(36)26(37-32)21-22-13-5-1-6-14-22/h1-21,29H/b26-21-. The van der Waals surface area contributed by atoms with Crippen LogP contribution in [0.1, 0.15) is 33.1 Å².